The minimum atomic E-state index is 0.501. The molecule has 5 rings (SSSR count). The highest BCUT2D eigenvalue weighted by Crippen LogP contribution is 2.38. The third-order valence-corrected chi connectivity index (χ3v) is 6.17. The van der Waals surface area contributed by atoms with Crippen molar-refractivity contribution in [3.63, 3.8) is 0 Å². The third-order valence-electron chi connectivity index (χ3n) is 5.00. The maximum absolute atomic E-state index is 5.62. The lowest BCUT2D eigenvalue weighted by Crippen LogP contribution is -1.90. The Labute approximate surface area is 166 Å². The summed E-state index contributed by atoms with van der Waals surface area (Å²) in [5, 5.41) is 6.50. The first kappa shape index (κ1) is 17.0. The SMILES string of the molecule is Cc1cc(C)c2c(C)c(-c3nc(-c4cc(C)c5ccccc5n4)no3)sc2n1. The summed E-state index contributed by atoms with van der Waals surface area (Å²) in [4.78, 5) is 16.0. The monoisotopic (exact) mass is 386 g/mol. The van der Waals surface area contributed by atoms with E-state index in [2.05, 4.69) is 48.0 Å². The summed E-state index contributed by atoms with van der Waals surface area (Å²) in [5.41, 5.74) is 6.14. The Balaban J connectivity index is 1.63. The molecule has 28 heavy (non-hydrogen) atoms. The fourth-order valence-corrected chi connectivity index (χ4v) is 4.93. The van der Waals surface area contributed by atoms with Crippen LogP contribution < -0.4 is 0 Å². The molecule has 5 nitrogen and oxygen atoms in total. The van der Waals surface area contributed by atoms with E-state index in [4.69, 9.17) is 9.51 Å². The van der Waals surface area contributed by atoms with Gasteiger partial charge in [0.2, 0.25) is 5.82 Å². The van der Waals surface area contributed by atoms with Crippen molar-refractivity contribution in [1.29, 1.82) is 0 Å². The number of nitrogens with zero attached hydrogens (tertiary/aromatic N) is 4. The summed E-state index contributed by atoms with van der Waals surface area (Å²) in [6.45, 7) is 8.28. The van der Waals surface area contributed by atoms with Crippen molar-refractivity contribution >= 4 is 32.5 Å². The Morgan fingerprint density at radius 2 is 1.71 bits per heavy atom. The smallest absolute Gasteiger partial charge is 0.268 e. The number of rotatable bonds is 2. The van der Waals surface area contributed by atoms with E-state index < -0.39 is 0 Å². The number of aryl methyl sites for hydroxylation is 4. The summed E-state index contributed by atoms with van der Waals surface area (Å²) in [6, 6.07) is 12.2. The minimum absolute atomic E-state index is 0.501. The molecule has 0 aliphatic carbocycles. The standard InChI is InChI=1S/C22H18N4OS/c1-11-10-17(24-16-8-6-5-7-15(11)16)20-25-21(27-26-20)19-14(4)18-12(2)9-13(3)23-22(18)28-19/h5-10H,1-4H3. The Hall–Kier alpha value is -3.12. The van der Waals surface area contributed by atoms with E-state index in [1.807, 2.05) is 31.2 Å². The molecule has 4 heterocycles. The average Bonchev–Trinajstić information content (AvgIpc) is 3.26. The van der Waals surface area contributed by atoms with Crippen LogP contribution in [0.4, 0.5) is 0 Å². The lowest BCUT2D eigenvalue weighted by molar-refractivity contribution is 0.433. The van der Waals surface area contributed by atoms with Crippen molar-refractivity contribution in [2.75, 3.05) is 0 Å². The Morgan fingerprint density at radius 1 is 0.893 bits per heavy atom. The van der Waals surface area contributed by atoms with Gasteiger partial charge in [-0.05, 0) is 62.6 Å². The summed E-state index contributed by atoms with van der Waals surface area (Å²) >= 11 is 1.59. The number of benzene rings is 1. The zero-order valence-electron chi connectivity index (χ0n) is 16.1. The third kappa shape index (κ3) is 2.60. The second-order valence-electron chi connectivity index (χ2n) is 7.08. The van der Waals surface area contributed by atoms with Gasteiger partial charge in [-0.2, -0.15) is 4.98 Å². The molecule has 0 saturated heterocycles. The Kier molecular flexibility index (Phi) is 3.77. The van der Waals surface area contributed by atoms with E-state index >= 15 is 0 Å². The predicted molar refractivity (Wildman–Crippen MR) is 113 cm³/mol. The molecule has 0 bridgehead atoms. The number of fused-ring (bicyclic) bond motifs is 2. The van der Waals surface area contributed by atoms with Crippen molar-refractivity contribution in [1.82, 2.24) is 20.1 Å². The fourth-order valence-electron chi connectivity index (χ4n) is 3.71. The molecule has 0 saturated carbocycles. The lowest BCUT2D eigenvalue weighted by atomic mass is 10.1. The van der Waals surface area contributed by atoms with Crippen LogP contribution in [-0.2, 0) is 0 Å². The van der Waals surface area contributed by atoms with Gasteiger partial charge >= 0.3 is 0 Å². The minimum Gasteiger partial charge on any atom is -0.333 e. The molecule has 0 unspecified atom stereocenters. The van der Waals surface area contributed by atoms with Crippen LogP contribution in [0.25, 0.3) is 43.4 Å². The highest BCUT2D eigenvalue weighted by Gasteiger charge is 2.20. The number of hydrogen-bond acceptors (Lipinski definition) is 6. The molecule has 6 heteroatoms. The zero-order valence-corrected chi connectivity index (χ0v) is 16.9. The Bertz CT molecular complexity index is 1370. The lowest BCUT2D eigenvalue weighted by Gasteiger charge is -2.03. The number of pyridine rings is 2. The van der Waals surface area contributed by atoms with Gasteiger partial charge in [-0.3, -0.25) is 0 Å². The van der Waals surface area contributed by atoms with Crippen molar-refractivity contribution in [3.05, 3.63) is 58.8 Å². The highest BCUT2D eigenvalue weighted by molar-refractivity contribution is 7.22. The molecule has 1 aromatic carbocycles. The molecule has 0 atom stereocenters. The van der Waals surface area contributed by atoms with Gasteiger partial charge in [0, 0.05) is 16.5 Å². The molecule has 138 valence electrons. The average molecular weight is 386 g/mol. The van der Waals surface area contributed by atoms with Crippen molar-refractivity contribution < 1.29 is 4.52 Å². The van der Waals surface area contributed by atoms with Crippen molar-refractivity contribution in [2.45, 2.75) is 27.7 Å². The number of para-hydroxylation sites is 1. The molecule has 0 aliphatic rings. The molecule has 0 fully saturated rings. The molecule has 0 amide bonds. The van der Waals surface area contributed by atoms with Gasteiger partial charge in [0.1, 0.15) is 10.5 Å². The molecule has 0 aliphatic heterocycles. The van der Waals surface area contributed by atoms with Gasteiger partial charge in [0.05, 0.1) is 10.4 Å². The van der Waals surface area contributed by atoms with Crippen LogP contribution in [0.2, 0.25) is 0 Å². The van der Waals surface area contributed by atoms with Gasteiger partial charge in [0.15, 0.2) is 0 Å². The maximum atomic E-state index is 5.62. The summed E-state index contributed by atoms with van der Waals surface area (Å²) < 4.78 is 5.62. The summed E-state index contributed by atoms with van der Waals surface area (Å²) in [5.74, 6) is 1.02. The maximum Gasteiger partial charge on any atom is 0.268 e. The second kappa shape index (κ2) is 6.21. The van der Waals surface area contributed by atoms with E-state index in [0.29, 0.717) is 11.7 Å². The van der Waals surface area contributed by atoms with Crippen LogP contribution in [0.1, 0.15) is 22.4 Å². The normalized spacial score (nSPS) is 11.6. The van der Waals surface area contributed by atoms with Gasteiger partial charge in [-0.25, -0.2) is 9.97 Å². The topological polar surface area (TPSA) is 64.7 Å². The van der Waals surface area contributed by atoms with Crippen LogP contribution in [0.5, 0.6) is 0 Å². The highest BCUT2D eigenvalue weighted by atomic mass is 32.1. The van der Waals surface area contributed by atoms with Crippen LogP contribution in [0, 0.1) is 27.7 Å². The van der Waals surface area contributed by atoms with Gasteiger partial charge < -0.3 is 4.52 Å². The van der Waals surface area contributed by atoms with Gasteiger partial charge in [0.25, 0.3) is 5.89 Å². The van der Waals surface area contributed by atoms with E-state index in [0.717, 1.165) is 43.1 Å². The summed E-state index contributed by atoms with van der Waals surface area (Å²) in [6.07, 6.45) is 0. The van der Waals surface area contributed by atoms with Crippen molar-refractivity contribution in [3.8, 4) is 22.3 Å². The van der Waals surface area contributed by atoms with E-state index in [9.17, 15) is 0 Å². The zero-order chi connectivity index (χ0) is 19.4. The van der Waals surface area contributed by atoms with E-state index in [1.54, 1.807) is 11.3 Å². The van der Waals surface area contributed by atoms with Gasteiger partial charge in [-0.1, -0.05) is 23.4 Å². The second-order valence-corrected chi connectivity index (χ2v) is 8.08. The number of aromatic nitrogens is 4. The Morgan fingerprint density at radius 3 is 2.57 bits per heavy atom. The van der Waals surface area contributed by atoms with Crippen LogP contribution >= 0.6 is 11.3 Å². The largest absolute Gasteiger partial charge is 0.333 e. The van der Waals surface area contributed by atoms with Crippen LogP contribution in [-0.4, -0.2) is 20.1 Å². The van der Waals surface area contributed by atoms with E-state index in [1.165, 1.54) is 10.9 Å². The van der Waals surface area contributed by atoms with Crippen LogP contribution in [0.15, 0.2) is 40.9 Å². The number of hydrogen-bond donors (Lipinski definition) is 0. The first-order chi connectivity index (χ1) is 13.5. The molecule has 0 spiro atoms. The first-order valence-electron chi connectivity index (χ1n) is 9.09. The van der Waals surface area contributed by atoms with E-state index in [-0.39, 0.29) is 0 Å². The summed E-state index contributed by atoms with van der Waals surface area (Å²) in [7, 11) is 0. The first-order valence-corrected chi connectivity index (χ1v) is 9.91. The molecule has 0 radical (unpaired) electrons. The molecule has 5 aromatic rings. The fraction of sp³-hybridized carbons (Fsp3) is 0.182. The number of thiophene rings is 1. The molecule has 4 aromatic heterocycles. The molecule has 0 N–H and O–H groups in total. The quantitative estimate of drug-likeness (QED) is 0.384. The van der Waals surface area contributed by atoms with Crippen LogP contribution in [0.3, 0.4) is 0 Å². The molecular weight excluding hydrogens is 368 g/mol. The predicted octanol–water partition coefficient (Wildman–Crippen LogP) is 5.80. The van der Waals surface area contributed by atoms with Gasteiger partial charge in [-0.15, -0.1) is 11.3 Å². The molecular formula is C22H18N4OS. The van der Waals surface area contributed by atoms with Crippen molar-refractivity contribution in [2.24, 2.45) is 0 Å².